The predicted molar refractivity (Wildman–Crippen MR) is 178 cm³/mol. The molecule has 0 aliphatic carbocycles. The minimum atomic E-state index is -5.10. The van der Waals surface area contributed by atoms with E-state index in [0.717, 1.165) is 44.9 Å². The lowest BCUT2D eigenvalue weighted by atomic mass is 9.99. The fraction of sp³-hybridized carbons (Fsp3) is 0.848. The lowest BCUT2D eigenvalue weighted by Gasteiger charge is -2.41. The van der Waals surface area contributed by atoms with Crippen molar-refractivity contribution in [1.29, 1.82) is 0 Å². The van der Waals surface area contributed by atoms with Gasteiger partial charge in [0.25, 0.3) is 0 Å². The van der Waals surface area contributed by atoms with Crippen molar-refractivity contribution in [3.63, 3.8) is 0 Å². The van der Waals surface area contributed by atoms with Crippen molar-refractivity contribution in [1.82, 2.24) is 5.32 Å². The smallest absolute Gasteiger partial charge is 0.394 e. The summed E-state index contributed by atoms with van der Waals surface area (Å²) in [6.07, 6.45) is 11.8. The molecule has 1 rings (SSSR count). The van der Waals surface area contributed by atoms with Crippen molar-refractivity contribution in [3.05, 3.63) is 24.3 Å². The Morgan fingerprint density at radius 3 is 2.09 bits per heavy atom. The van der Waals surface area contributed by atoms with E-state index in [1.165, 1.54) is 32.1 Å². The van der Waals surface area contributed by atoms with Crippen molar-refractivity contribution in [2.75, 3.05) is 13.2 Å². The van der Waals surface area contributed by atoms with E-state index < -0.39 is 78.5 Å². The molecule has 1 aliphatic heterocycles. The van der Waals surface area contributed by atoms with Gasteiger partial charge in [-0.2, -0.15) is 8.42 Å². The fourth-order valence-corrected chi connectivity index (χ4v) is 5.78. The first kappa shape index (κ1) is 43.6. The fourth-order valence-electron chi connectivity index (χ4n) is 5.27. The first-order valence-electron chi connectivity index (χ1n) is 17.3. The number of ether oxygens (including phenoxy) is 2. The summed E-state index contributed by atoms with van der Waals surface area (Å²) in [5.41, 5.74) is 0. The average molecular weight is 696 g/mol. The van der Waals surface area contributed by atoms with Gasteiger partial charge in [0.15, 0.2) is 6.29 Å². The summed E-state index contributed by atoms with van der Waals surface area (Å²) in [7, 11) is -5.10. The third kappa shape index (κ3) is 19.4. The van der Waals surface area contributed by atoms with Crippen molar-refractivity contribution >= 4 is 16.3 Å². The van der Waals surface area contributed by atoms with Crippen LogP contribution >= 0.6 is 0 Å². The van der Waals surface area contributed by atoms with Crippen LogP contribution in [0.2, 0.25) is 0 Å². The molecular weight excluding hydrogens is 634 g/mol. The van der Waals surface area contributed by atoms with Crippen LogP contribution in [0.3, 0.4) is 0 Å². The standard InChI is InChI=1S/C33H61NO12S/c1-3-5-7-9-11-12-13-14-15-16-18-20-22-27(37)32(40)34-25(26(36)21-19-17-10-8-6-4-2)24-44-33-30(39)31(46-47(41,42)43)29(38)28(23-35)45-33/h14-15,18,20,25-31,33,35-39H,3-13,16-17,19,21-24H2,1-2H3,(H,34,40)(H,41,42,43)/b15-14-,20-18-. The highest BCUT2D eigenvalue weighted by molar-refractivity contribution is 7.80. The summed E-state index contributed by atoms with van der Waals surface area (Å²) in [4.78, 5) is 12.9. The van der Waals surface area contributed by atoms with Gasteiger partial charge in [-0.15, -0.1) is 0 Å². The molecular formula is C33H61NO12S. The maximum Gasteiger partial charge on any atom is 0.397 e. The second kappa shape index (κ2) is 25.5. The molecule has 0 aromatic rings. The molecule has 8 unspecified atom stereocenters. The molecule has 0 bridgehead atoms. The third-order valence-corrected chi connectivity index (χ3v) is 8.60. The lowest BCUT2D eigenvalue weighted by Crippen LogP contribution is -2.61. The quantitative estimate of drug-likeness (QED) is 0.0375. The van der Waals surface area contributed by atoms with Crippen LogP contribution in [0.25, 0.3) is 0 Å². The molecule has 0 aromatic carbocycles. The van der Waals surface area contributed by atoms with E-state index in [-0.39, 0.29) is 6.42 Å². The first-order chi connectivity index (χ1) is 22.4. The normalized spacial score (nSPS) is 24.1. The number of hydrogen-bond acceptors (Lipinski definition) is 11. The SMILES string of the molecule is CCCCCCCC/C=C\C/C=C\CC(O)C(=O)NC(COC1OC(CO)C(O)C(OS(=O)(=O)O)C1O)C(O)CCCCCCCC. The van der Waals surface area contributed by atoms with Crippen molar-refractivity contribution in [2.24, 2.45) is 0 Å². The van der Waals surface area contributed by atoms with E-state index in [9.17, 15) is 38.7 Å². The molecule has 1 heterocycles. The van der Waals surface area contributed by atoms with E-state index in [1.807, 2.05) is 6.08 Å². The number of carbonyl (C=O) groups is 1. The van der Waals surface area contributed by atoms with Crippen LogP contribution in [-0.2, 0) is 28.9 Å². The second-order valence-corrected chi connectivity index (χ2v) is 13.3. The van der Waals surface area contributed by atoms with Crippen LogP contribution < -0.4 is 5.32 Å². The number of allylic oxidation sites excluding steroid dienone is 3. The van der Waals surface area contributed by atoms with E-state index in [0.29, 0.717) is 19.3 Å². The number of unbranched alkanes of at least 4 members (excludes halogenated alkanes) is 11. The number of hydrogen-bond donors (Lipinski definition) is 7. The Morgan fingerprint density at radius 1 is 0.872 bits per heavy atom. The number of carbonyl (C=O) groups excluding carboxylic acids is 1. The van der Waals surface area contributed by atoms with E-state index >= 15 is 0 Å². The molecule has 1 fully saturated rings. The summed E-state index contributed by atoms with van der Waals surface area (Å²) in [6, 6.07) is -1.06. The van der Waals surface area contributed by atoms with Crippen LogP contribution in [0.1, 0.15) is 117 Å². The third-order valence-electron chi connectivity index (χ3n) is 8.13. The molecule has 47 heavy (non-hydrogen) atoms. The topological polar surface area (TPSA) is 212 Å². The zero-order valence-corrected chi connectivity index (χ0v) is 29.0. The molecule has 7 N–H and O–H groups in total. The zero-order chi connectivity index (χ0) is 35.1. The van der Waals surface area contributed by atoms with Gasteiger partial charge < -0.3 is 40.3 Å². The van der Waals surface area contributed by atoms with Gasteiger partial charge in [0.1, 0.15) is 30.5 Å². The number of aliphatic hydroxyl groups is 5. The Bertz CT molecular complexity index is 979. The van der Waals surface area contributed by atoms with Crippen LogP contribution in [0.4, 0.5) is 0 Å². The number of rotatable bonds is 27. The molecule has 0 radical (unpaired) electrons. The van der Waals surface area contributed by atoms with E-state index in [1.54, 1.807) is 6.08 Å². The number of amides is 1. The minimum Gasteiger partial charge on any atom is -0.394 e. The molecule has 1 aliphatic rings. The first-order valence-corrected chi connectivity index (χ1v) is 18.7. The molecule has 1 saturated heterocycles. The Labute approximate surface area is 281 Å². The summed E-state index contributed by atoms with van der Waals surface area (Å²) in [6.45, 7) is 3.08. The molecule has 14 heteroatoms. The van der Waals surface area contributed by atoms with Crippen molar-refractivity contribution < 1.29 is 57.0 Å². The molecule has 0 aromatic heterocycles. The predicted octanol–water partition coefficient (Wildman–Crippen LogP) is 3.23. The van der Waals surface area contributed by atoms with Gasteiger partial charge in [0, 0.05) is 6.42 Å². The molecule has 13 nitrogen and oxygen atoms in total. The summed E-state index contributed by atoms with van der Waals surface area (Å²) in [5, 5.41) is 54.4. The zero-order valence-electron chi connectivity index (χ0n) is 28.2. The van der Waals surface area contributed by atoms with Crippen LogP contribution in [-0.4, -0.2) is 107 Å². The van der Waals surface area contributed by atoms with Gasteiger partial charge in [0.2, 0.25) is 5.91 Å². The molecule has 0 spiro atoms. The Kier molecular flexibility index (Phi) is 23.6. The largest absolute Gasteiger partial charge is 0.397 e. The van der Waals surface area contributed by atoms with Crippen LogP contribution in [0, 0.1) is 0 Å². The van der Waals surface area contributed by atoms with Gasteiger partial charge in [-0.3, -0.25) is 9.35 Å². The van der Waals surface area contributed by atoms with Crippen LogP contribution in [0.5, 0.6) is 0 Å². The van der Waals surface area contributed by atoms with Gasteiger partial charge in [-0.25, -0.2) is 4.18 Å². The van der Waals surface area contributed by atoms with Crippen LogP contribution in [0.15, 0.2) is 24.3 Å². The average Bonchev–Trinajstić information content (AvgIpc) is 3.03. The second-order valence-electron chi connectivity index (χ2n) is 12.3. The molecule has 0 saturated carbocycles. The molecule has 8 atom stereocenters. The van der Waals surface area contributed by atoms with Gasteiger partial charge in [-0.05, 0) is 25.7 Å². The van der Waals surface area contributed by atoms with E-state index in [2.05, 4.69) is 35.5 Å². The number of aliphatic hydroxyl groups excluding tert-OH is 5. The Balaban J connectivity index is 2.75. The monoisotopic (exact) mass is 695 g/mol. The van der Waals surface area contributed by atoms with Crippen molar-refractivity contribution in [3.8, 4) is 0 Å². The highest BCUT2D eigenvalue weighted by atomic mass is 32.3. The van der Waals surface area contributed by atoms with E-state index in [4.69, 9.17) is 14.0 Å². The van der Waals surface area contributed by atoms with Gasteiger partial charge >= 0.3 is 10.4 Å². The Morgan fingerprint density at radius 2 is 1.47 bits per heavy atom. The number of nitrogens with one attached hydrogen (secondary N) is 1. The van der Waals surface area contributed by atoms with Crippen molar-refractivity contribution in [2.45, 2.75) is 166 Å². The highest BCUT2D eigenvalue weighted by Gasteiger charge is 2.48. The highest BCUT2D eigenvalue weighted by Crippen LogP contribution is 2.26. The summed E-state index contributed by atoms with van der Waals surface area (Å²) in [5.74, 6) is -0.745. The maximum atomic E-state index is 12.9. The lowest BCUT2D eigenvalue weighted by molar-refractivity contribution is -0.298. The summed E-state index contributed by atoms with van der Waals surface area (Å²) < 4.78 is 47.0. The molecule has 1 amide bonds. The summed E-state index contributed by atoms with van der Waals surface area (Å²) >= 11 is 0. The maximum absolute atomic E-state index is 12.9. The minimum absolute atomic E-state index is 0.0490. The Hall–Kier alpha value is -1.46. The molecule has 276 valence electrons. The van der Waals surface area contributed by atoms with Gasteiger partial charge in [-0.1, -0.05) is 109 Å². The van der Waals surface area contributed by atoms with Gasteiger partial charge in [0.05, 0.1) is 25.4 Å².